The number of ether oxygens (including phenoxy) is 1. The van der Waals surface area contributed by atoms with Gasteiger partial charge >= 0.3 is 12.2 Å². The van der Waals surface area contributed by atoms with Crippen molar-refractivity contribution < 1.29 is 22.7 Å². The first-order chi connectivity index (χ1) is 14.2. The number of nitrogens with zero attached hydrogens (tertiary/aromatic N) is 1. The fourth-order valence-electron chi connectivity index (χ4n) is 3.32. The van der Waals surface area contributed by atoms with E-state index in [-0.39, 0.29) is 12.2 Å². The van der Waals surface area contributed by atoms with Gasteiger partial charge in [-0.25, -0.2) is 4.79 Å². The highest BCUT2D eigenvalue weighted by Gasteiger charge is 2.33. The van der Waals surface area contributed by atoms with Gasteiger partial charge < -0.3 is 19.9 Å². The summed E-state index contributed by atoms with van der Waals surface area (Å²) in [6.45, 7) is 4.04. The Morgan fingerprint density at radius 3 is 2.37 bits per heavy atom. The first-order valence-corrected chi connectivity index (χ1v) is 9.24. The molecule has 2 N–H and O–H groups in total. The lowest BCUT2D eigenvalue weighted by Crippen LogP contribution is -2.29. The van der Waals surface area contributed by atoms with Gasteiger partial charge in [0, 0.05) is 23.6 Å². The van der Waals surface area contributed by atoms with Gasteiger partial charge in [-0.2, -0.15) is 13.2 Å². The number of aromatic nitrogens is 1. The number of carbonyl (C=O) groups is 1. The molecule has 5 nitrogen and oxygen atoms in total. The number of alkyl halides is 3. The van der Waals surface area contributed by atoms with Crippen LogP contribution in [-0.4, -0.2) is 17.7 Å². The maximum absolute atomic E-state index is 13.1. The van der Waals surface area contributed by atoms with Crippen molar-refractivity contribution in [1.82, 2.24) is 9.88 Å². The van der Waals surface area contributed by atoms with E-state index in [4.69, 9.17) is 4.74 Å². The van der Waals surface area contributed by atoms with Crippen molar-refractivity contribution in [1.29, 1.82) is 0 Å². The summed E-state index contributed by atoms with van der Waals surface area (Å²) in [4.78, 5) is 12.2. The van der Waals surface area contributed by atoms with Crippen molar-refractivity contribution in [3.05, 3.63) is 77.1 Å². The maximum Gasteiger partial charge on any atom is 0.418 e. The molecule has 8 heteroatoms. The third kappa shape index (κ3) is 4.59. The normalized spacial score (nSPS) is 11.3. The maximum atomic E-state index is 13.1. The Labute approximate surface area is 172 Å². The zero-order valence-electron chi connectivity index (χ0n) is 16.8. The quantitative estimate of drug-likeness (QED) is 0.581. The number of halogens is 3. The molecule has 1 heterocycles. The summed E-state index contributed by atoms with van der Waals surface area (Å²) in [5, 5.41) is 4.91. The highest BCUT2D eigenvalue weighted by molar-refractivity contribution is 5.90. The molecule has 0 spiro atoms. The lowest BCUT2D eigenvalue weighted by atomic mass is 10.1. The molecule has 3 aromatic rings. The predicted octanol–water partition coefficient (Wildman–Crippen LogP) is 5.44. The molecule has 0 atom stereocenters. The van der Waals surface area contributed by atoms with Crippen molar-refractivity contribution in [3.8, 4) is 11.4 Å². The van der Waals surface area contributed by atoms with Gasteiger partial charge in [-0.15, -0.1) is 0 Å². The van der Waals surface area contributed by atoms with Gasteiger partial charge in [0.05, 0.1) is 18.4 Å². The highest BCUT2D eigenvalue weighted by atomic mass is 19.4. The standard InChI is InChI=1S/C22H22F3N3O2/c1-14-12-16(15(2)28(14)17-8-10-18(30-3)11-9-17)13-26-21(29)27-20-7-5-4-6-19(20)22(23,24)25/h4-12H,13H2,1-3H3,(H2,26,27,29). The Bertz CT molecular complexity index is 1040. The van der Waals surface area contributed by atoms with Crippen molar-refractivity contribution in [2.45, 2.75) is 26.6 Å². The summed E-state index contributed by atoms with van der Waals surface area (Å²) in [6, 6.07) is 13.7. The van der Waals surface area contributed by atoms with Gasteiger partial charge in [-0.05, 0) is 61.9 Å². The summed E-state index contributed by atoms with van der Waals surface area (Å²) in [5.41, 5.74) is 2.53. The fraction of sp³-hybridized carbons (Fsp3) is 0.227. The van der Waals surface area contributed by atoms with Crippen LogP contribution in [0.3, 0.4) is 0 Å². The Hall–Kier alpha value is -3.42. The van der Waals surface area contributed by atoms with Crippen LogP contribution < -0.4 is 15.4 Å². The van der Waals surface area contributed by atoms with E-state index in [1.807, 2.05) is 48.7 Å². The van der Waals surface area contributed by atoms with Crippen LogP contribution in [-0.2, 0) is 12.7 Å². The first kappa shape index (κ1) is 21.3. The van der Waals surface area contributed by atoms with Gasteiger partial charge in [0.25, 0.3) is 0 Å². The molecule has 0 saturated heterocycles. The SMILES string of the molecule is COc1ccc(-n2c(C)cc(CNC(=O)Nc3ccccc3C(F)(F)F)c2C)cc1. The number of para-hydroxylation sites is 1. The van der Waals surface area contributed by atoms with Crippen molar-refractivity contribution in [3.63, 3.8) is 0 Å². The molecular formula is C22H22F3N3O2. The lowest BCUT2D eigenvalue weighted by molar-refractivity contribution is -0.136. The summed E-state index contributed by atoms with van der Waals surface area (Å²) in [6.07, 6.45) is -4.55. The second-order valence-electron chi connectivity index (χ2n) is 6.78. The molecular weight excluding hydrogens is 395 g/mol. The number of rotatable bonds is 5. The molecule has 0 saturated carbocycles. The monoisotopic (exact) mass is 417 g/mol. The number of hydrogen-bond acceptors (Lipinski definition) is 2. The molecule has 158 valence electrons. The molecule has 0 aliphatic heterocycles. The van der Waals surface area contributed by atoms with Gasteiger partial charge in [-0.1, -0.05) is 12.1 Å². The van der Waals surface area contributed by atoms with Crippen LogP contribution >= 0.6 is 0 Å². The van der Waals surface area contributed by atoms with Crippen molar-refractivity contribution >= 4 is 11.7 Å². The second-order valence-corrected chi connectivity index (χ2v) is 6.78. The molecule has 0 bridgehead atoms. The number of aryl methyl sites for hydroxylation is 1. The van der Waals surface area contributed by atoms with E-state index < -0.39 is 17.8 Å². The minimum absolute atomic E-state index is 0.176. The Morgan fingerprint density at radius 1 is 1.07 bits per heavy atom. The van der Waals surface area contributed by atoms with E-state index in [0.29, 0.717) is 0 Å². The Kier molecular flexibility index (Phi) is 6.05. The molecule has 3 rings (SSSR count). The Balaban J connectivity index is 1.72. The third-order valence-electron chi connectivity index (χ3n) is 4.79. The van der Waals surface area contributed by atoms with Crippen LogP contribution in [0, 0.1) is 13.8 Å². The number of anilines is 1. The van der Waals surface area contributed by atoms with Crippen molar-refractivity contribution in [2.24, 2.45) is 0 Å². The number of methoxy groups -OCH3 is 1. The first-order valence-electron chi connectivity index (χ1n) is 9.24. The second kappa shape index (κ2) is 8.52. The van der Waals surface area contributed by atoms with E-state index in [1.165, 1.54) is 18.2 Å². The van der Waals surface area contributed by atoms with Crippen LogP contribution in [0.25, 0.3) is 5.69 Å². The van der Waals surface area contributed by atoms with Gasteiger partial charge in [0.1, 0.15) is 5.75 Å². The van der Waals surface area contributed by atoms with Crippen LogP contribution in [0.2, 0.25) is 0 Å². The zero-order chi connectivity index (χ0) is 21.9. The number of hydrogen-bond donors (Lipinski definition) is 2. The van der Waals surface area contributed by atoms with Crippen LogP contribution in [0.15, 0.2) is 54.6 Å². The van der Waals surface area contributed by atoms with Crippen LogP contribution in [0.4, 0.5) is 23.7 Å². The zero-order valence-corrected chi connectivity index (χ0v) is 16.8. The highest BCUT2D eigenvalue weighted by Crippen LogP contribution is 2.34. The number of nitrogens with one attached hydrogen (secondary N) is 2. The van der Waals surface area contributed by atoms with E-state index in [9.17, 15) is 18.0 Å². The van der Waals surface area contributed by atoms with E-state index in [1.54, 1.807) is 7.11 Å². The summed E-state index contributed by atoms with van der Waals surface area (Å²) < 4.78 is 46.4. The smallest absolute Gasteiger partial charge is 0.418 e. The predicted molar refractivity (Wildman–Crippen MR) is 109 cm³/mol. The van der Waals surface area contributed by atoms with Crippen molar-refractivity contribution in [2.75, 3.05) is 12.4 Å². The molecule has 2 aromatic carbocycles. The number of carbonyl (C=O) groups excluding carboxylic acids is 1. The van der Waals surface area contributed by atoms with Crippen LogP contribution in [0.5, 0.6) is 5.75 Å². The van der Waals surface area contributed by atoms with Gasteiger partial charge in [0.2, 0.25) is 0 Å². The topological polar surface area (TPSA) is 55.3 Å². The summed E-state index contributed by atoms with van der Waals surface area (Å²) >= 11 is 0. The van der Waals surface area contributed by atoms with E-state index in [2.05, 4.69) is 10.6 Å². The molecule has 30 heavy (non-hydrogen) atoms. The molecule has 0 unspecified atom stereocenters. The van der Waals surface area contributed by atoms with E-state index >= 15 is 0 Å². The van der Waals surface area contributed by atoms with E-state index in [0.717, 1.165) is 34.5 Å². The minimum Gasteiger partial charge on any atom is -0.497 e. The molecule has 1 aromatic heterocycles. The Morgan fingerprint density at radius 2 is 1.73 bits per heavy atom. The number of urea groups is 1. The number of amides is 2. The number of benzene rings is 2. The van der Waals surface area contributed by atoms with Crippen LogP contribution in [0.1, 0.15) is 22.5 Å². The molecule has 0 aliphatic carbocycles. The average Bonchev–Trinajstić information content (AvgIpc) is 2.99. The average molecular weight is 417 g/mol. The minimum atomic E-state index is -4.55. The molecule has 0 radical (unpaired) electrons. The molecule has 0 aliphatic rings. The summed E-state index contributed by atoms with van der Waals surface area (Å²) in [5.74, 6) is 0.749. The lowest BCUT2D eigenvalue weighted by Gasteiger charge is -2.14. The summed E-state index contributed by atoms with van der Waals surface area (Å²) in [7, 11) is 1.60. The fourth-order valence-corrected chi connectivity index (χ4v) is 3.32. The third-order valence-corrected chi connectivity index (χ3v) is 4.79. The molecule has 2 amide bonds. The van der Waals surface area contributed by atoms with Gasteiger partial charge in [-0.3, -0.25) is 0 Å². The largest absolute Gasteiger partial charge is 0.497 e. The molecule has 0 fully saturated rings. The van der Waals surface area contributed by atoms with Gasteiger partial charge in [0.15, 0.2) is 0 Å².